The van der Waals surface area contributed by atoms with Crippen molar-refractivity contribution in [2.45, 2.75) is 95.8 Å². The molecule has 0 aromatic rings. The van der Waals surface area contributed by atoms with Crippen LogP contribution >= 0.6 is 12.4 Å². The molecular formula is C22H39ClN2O2. The summed E-state index contributed by atoms with van der Waals surface area (Å²) in [6.07, 6.45) is 13.8. The molecule has 1 aliphatic heterocycles. The van der Waals surface area contributed by atoms with Crippen molar-refractivity contribution in [3.8, 4) is 0 Å². The van der Waals surface area contributed by atoms with Crippen LogP contribution in [0.4, 0.5) is 0 Å². The van der Waals surface area contributed by atoms with Crippen molar-refractivity contribution < 1.29 is 9.53 Å². The van der Waals surface area contributed by atoms with E-state index in [1.54, 1.807) is 0 Å². The maximum atomic E-state index is 13.1. The Bertz CT molecular complexity index is 473. The first-order valence-electron chi connectivity index (χ1n) is 11.3. The number of fused-ring (bicyclic) bond motifs is 2. The van der Waals surface area contributed by atoms with Gasteiger partial charge >= 0.3 is 0 Å². The zero-order valence-corrected chi connectivity index (χ0v) is 17.8. The molecule has 0 radical (unpaired) electrons. The molecule has 1 heterocycles. The third-order valence-corrected chi connectivity index (χ3v) is 7.86. The Morgan fingerprint density at radius 2 is 1.44 bits per heavy atom. The van der Waals surface area contributed by atoms with E-state index in [-0.39, 0.29) is 18.3 Å². The minimum absolute atomic E-state index is 0. The zero-order chi connectivity index (χ0) is 18.1. The van der Waals surface area contributed by atoms with E-state index in [0.717, 1.165) is 44.7 Å². The number of carbonyl (C=O) groups excluding carboxylic acids is 1. The second-order valence-electron chi connectivity index (χ2n) is 9.74. The lowest BCUT2D eigenvalue weighted by Crippen LogP contribution is -2.51. The Morgan fingerprint density at radius 1 is 0.889 bits per heavy atom. The fraction of sp³-hybridized carbons (Fsp3) is 0.955. The fourth-order valence-electron chi connectivity index (χ4n) is 6.10. The molecule has 156 valence electrons. The molecule has 4 fully saturated rings. The molecular weight excluding hydrogens is 360 g/mol. The Hall–Kier alpha value is -0.320. The van der Waals surface area contributed by atoms with Crippen LogP contribution in [0.5, 0.6) is 0 Å². The number of likely N-dealkylation sites (tertiary alicyclic amines) is 1. The average Bonchev–Trinajstić information content (AvgIpc) is 2.63. The smallest absolute Gasteiger partial charge is 0.225 e. The summed E-state index contributed by atoms with van der Waals surface area (Å²) in [5, 5.41) is 0. The van der Waals surface area contributed by atoms with Gasteiger partial charge in [-0.1, -0.05) is 13.3 Å². The lowest BCUT2D eigenvalue weighted by atomic mass is 9.65. The van der Waals surface area contributed by atoms with E-state index in [4.69, 9.17) is 10.5 Å². The van der Waals surface area contributed by atoms with Gasteiger partial charge in [0.1, 0.15) is 0 Å². The number of hydrogen-bond donors (Lipinski definition) is 1. The molecule has 0 aromatic carbocycles. The van der Waals surface area contributed by atoms with E-state index in [1.165, 1.54) is 44.9 Å². The van der Waals surface area contributed by atoms with Crippen molar-refractivity contribution in [3.63, 3.8) is 0 Å². The number of ether oxygens (including phenoxy) is 1. The van der Waals surface area contributed by atoms with E-state index in [1.807, 2.05) is 0 Å². The highest BCUT2D eigenvalue weighted by molar-refractivity contribution is 5.85. The molecule has 1 amide bonds. The predicted molar refractivity (Wildman–Crippen MR) is 111 cm³/mol. The van der Waals surface area contributed by atoms with E-state index in [2.05, 4.69) is 11.8 Å². The number of nitrogens with two attached hydrogens (primary N) is 1. The maximum Gasteiger partial charge on any atom is 0.225 e. The van der Waals surface area contributed by atoms with Crippen LogP contribution in [0.1, 0.15) is 77.6 Å². The molecule has 2 unspecified atom stereocenters. The second-order valence-corrected chi connectivity index (χ2v) is 9.74. The minimum atomic E-state index is 0. The van der Waals surface area contributed by atoms with Gasteiger partial charge in [-0.3, -0.25) is 4.79 Å². The molecule has 5 heteroatoms. The van der Waals surface area contributed by atoms with Crippen LogP contribution < -0.4 is 5.73 Å². The van der Waals surface area contributed by atoms with Crippen molar-refractivity contribution in [2.24, 2.45) is 29.4 Å². The number of carbonyl (C=O) groups is 1. The normalized spacial score (nSPS) is 40.3. The van der Waals surface area contributed by atoms with Crippen LogP contribution in [0, 0.1) is 23.7 Å². The Morgan fingerprint density at radius 3 is 2.04 bits per heavy atom. The third kappa shape index (κ3) is 5.00. The fourth-order valence-corrected chi connectivity index (χ4v) is 6.10. The van der Waals surface area contributed by atoms with Gasteiger partial charge in [0, 0.05) is 25.0 Å². The van der Waals surface area contributed by atoms with Crippen LogP contribution in [0.2, 0.25) is 0 Å². The monoisotopic (exact) mass is 398 g/mol. The summed E-state index contributed by atoms with van der Waals surface area (Å²) in [6, 6.07) is 0.352. The van der Waals surface area contributed by atoms with Crippen molar-refractivity contribution >= 4 is 18.3 Å². The van der Waals surface area contributed by atoms with Gasteiger partial charge in [0.25, 0.3) is 0 Å². The molecule has 4 aliphatic rings. The van der Waals surface area contributed by atoms with Gasteiger partial charge in [0.15, 0.2) is 0 Å². The molecule has 3 aliphatic carbocycles. The van der Waals surface area contributed by atoms with Gasteiger partial charge in [0.2, 0.25) is 5.91 Å². The number of rotatable bonds is 3. The van der Waals surface area contributed by atoms with E-state index in [9.17, 15) is 4.79 Å². The van der Waals surface area contributed by atoms with Crippen molar-refractivity contribution in [1.82, 2.24) is 4.90 Å². The molecule has 2 atom stereocenters. The first-order valence-corrected chi connectivity index (χ1v) is 11.3. The third-order valence-electron chi connectivity index (χ3n) is 7.86. The highest BCUT2D eigenvalue weighted by Crippen LogP contribution is 2.42. The van der Waals surface area contributed by atoms with Crippen molar-refractivity contribution in [1.29, 1.82) is 0 Å². The van der Waals surface area contributed by atoms with Crippen LogP contribution in [0.15, 0.2) is 0 Å². The second kappa shape index (κ2) is 9.45. The van der Waals surface area contributed by atoms with Gasteiger partial charge in [-0.2, -0.15) is 0 Å². The molecule has 4 rings (SSSR count). The van der Waals surface area contributed by atoms with Crippen LogP contribution in [-0.4, -0.2) is 42.1 Å². The summed E-state index contributed by atoms with van der Waals surface area (Å²) in [5.41, 5.74) is 6.40. The molecule has 2 bridgehead atoms. The molecule has 4 nitrogen and oxygen atoms in total. The predicted octanol–water partition coefficient (Wildman–Crippen LogP) is 4.15. The largest absolute Gasteiger partial charge is 0.375 e. The summed E-state index contributed by atoms with van der Waals surface area (Å²) < 4.78 is 6.37. The van der Waals surface area contributed by atoms with Crippen molar-refractivity contribution in [3.05, 3.63) is 0 Å². The van der Waals surface area contributed by atoms with E-state index >= 15 is 0 Å². The minimum Gasteiger partial charge on any atom is -0.375 e. The quantitative estimate of drug-likeness (QED) is 0.776. The molecule has 27 heavy (non-hydrogen) atoms. The van der Waals surface area contributed by atoms with E-state index in [0.29, 0.717) is 36.0 Å². The highest BCUT2D eigenvalue weighted by Gasteiger charge is 2.42. The van der Waals surface area contributed by atoms with Crippen molar-refractivity contribution in [2.75, 3.05) is 13.1 Å². The number of hydrogen-bond acceptors (Lipinski definition) is 3. The van der Waals surface area contributed by atoms with Gasteiger partial charge in [-0.15, -0.1) is 12.4 Å². The van der Waals surface area contributed by atoms with Gasteiger partial charge in [0.05, 0.1) is 12.2 Å². The molecule has 1 saturated heterocycles. The maximum absolute atomic E-state index is 13.1. The summed E-state index contributed by atoms with van der Waals surface area (Å²) in [4.78, 5) is 15.2. The summed E-state index contributed by atoms with van der Waals surface area (Å²) in [7, 11) is 0. The molecule has 2 N–H and O–H groups in total. The van der Waals surface area contributed by atoms with Gasteiger partial charge < -0.3 is 15.4 Å². The van der Waals surface area contributed by atoms with E-state index < -0.39 is 0 Å². The van der Waals surface area contributed by atoms with Crippen LogP contribution in [0.3, 0.4) is 0 Å². The molecule has 3 saturated carbocycles. The Labute approximate surface area is 171 Å². The van der Waals surface area contributed by atoms with Gasteiger partial charge in [-0.05, 0) is 82.0 Å². The average molecular weight is 399 g/mol. The zero-order valence-electron chi connectivity index (χ0n) is 17.0. The standard InChI is InChI=1S/C22H38N2O2.ClH/c1-15-5-7-19(8-6-15)26-20-9-11-24(12-10-20)22(25)18-13-16-3-2-4-17(14-18)21(16)23;/h15-21H,2-14,23H2,1H3;1H. The van der Waals surface area contributed by atoms with Gasteiger partial charge in [-0.25, -0.2) is 0 Å². The van der Waals surface area contributed by atoms with Crippen LogP contribution in [-0.2, 0) is 9.53 Å². The topological polar surface area (TPSA) is 55.6 Å². The number of halogens is 1. The number of amides is 1. The van der Waals surface area contributed by atoms with Crippen LogP contribution in [0.25, 0.3) is 0 Å². The lowest BCUT2D eigenvalue weighted by Gasteiger charge is -2.45. The first-order chi connectivity index (χ1) is 12.6. The molecule has 0 aromatic heterocycles. The first kappa shape index (κ1) is 21.4. The number of nitrogens with zero attached hydrogens (tertiary/aromatic N) is 1. The molecule has 0 spiro atoms. The number of piperidine rings is 1. The highest BCUT2D eigenvalue weighted by atomic mass is 35.5. The summed E-state index contributed by atoms with van der Waals surface area (Å²) in [5.74, 6) is 2.70. The Balaban J connectivity index is 0.00000210. The lowest BCUT2D eigenvalue weighted by molar-refractivity contribution is -0.142. The summed E-state index contributed by atoms with van der Waals surface area (Å²) >= 11 is 0. The Kier molecular flexibility index (Phi) is 7.49. The SMILES string of the molecule is CC1CCC(OC2CCN(C(=O)C3CC4CCCC(C3)C4N)CC2)CC1.Cl. The summed E-state index contributed by atoms with van der Waals surface area (Å²) in [6.45, 7) is 4.14.